The third-order valence-corrected chi connectivity index (χ3v) is 4.88. The number of ether oxygens (including phenoxy) is 1. The molecule has 0 bridgehead atoms. The van der Waals surface area contributed by atoms with Crippen LogP contribution in [0.3, 0.4) is 0 Å². The summed E-state index contributed by atoms with van der Waals surface area (Å²) in [5.74, 6) is 0.927. The molecule has 1 aliphatic heterocycles. The monoisotopic (exact) mass is 350 g/mol. The maximum atomic E-state index is 6.23. The van der Waals surface area contributed by atoms with Crippen molar-refractivity contribution in [3.63, 3.8) is 0 Å². The van der Waals surface area contributed by atoms with Crippen LogP contribution in [0.4, 0.5) is 0 Å². The van der Waals surface area contributed by atoms with Crippen molar-refractivity contribution in [2.75, 3.05) is 27.2 Å². The molecule has 0 saturated carbocycles. The molecule has 5 nitrogen and oxygen atoms in total. The number of likely N-dealkylation sites (tertiary alicyclic amines) is 1. The van der Waals surface area contributed by atoms with Gasteiger partial charge < -0.3 is 14.6 Å². The topological polar surface area (TPSA) is 44.4 Å². The first kappa shape index (κ1) is 17.1. The van der Waals surface area contributed by atoms with Gasteiger partial charge in [0.15, 0.2) is 0 Å². The van der Waals surface area contributed by atoms with E-state index in [0.29, 0.717) is 0 Å². The van der Waals surface area contributed by atoms with E-state index in [1.807, 2.05) is 18.5 Å². The molecular weight excluding hydrogens is 324 g/mol. The third-order valence-electron chi connectivity index (χ3n) is 4.88. The summed E-state index contributed by atoms with van der Waals surface area (Å²) >= 11 is 0. The summed E-state index contributed by atoms with van der Waals surface area (Å²) in [4.78, 5) is 12.3. The number of hydrogen-bond acceptors (Lipinski definition) is 4. The summed E-state index contributed by atoms with van der Waals surface area (Å²) in [5, 5.41) is 1.32. The third kappa shape index (κ3) is 3.89. The van der Waals surface area contributed by atoms with Crippen LogP contribution in [0.1, 0.15) is 17.7 Å². The van der Waals surface area contributed by atoms with Gasteiger partial charge in [-0.05, 0) is 44.3 Å². The highest BCUT2D eigenvalue weighted by Gasteiger charge is 2.24. The minimum Gasteiger partial charge on any atom is -0.489 e. The van der Waals surface area contributed by atoms with Crippen molar-refractivity contribution in [2.24, 2.45) is 0 Å². The highest BCUT2D eigenvalue weighted by Crippen LogP contribution is 2.23. The van der Waals surface area contributed by atoms with Crippen molar-refractivity contribution in [1.82, 2.24) is 19.8 Å². The van der Waals surface area contributed by atoms with E-state index in [4.69, 9.17) is 4.74 Å². The van der Waals surface area contributed by atoms with Crippen LogP contribution in [-0.4, -0.2) is 53.1 Å². The van der Waals surface area contributed by atoms with E-state index in [-0.39, 0.29) is 6.10 Å². The Balaban J connectivity index is 1.37. The molecule has 0 radical (unpaired) electrons. The quantitative estimate of drug-likeness (QED) is 0.741. The predicted octanol–water partition coefficient (Wildman–Crippen LogP) is 3.28. The molecule has 4 rings (SSSR count). The molecule has 0 aliphatic carbocycles. The second-order valence-corrected chi connectivity index (χ2v) is 7.34. The number of aromatic amines is 1. The number of nitrogens with one attached hydrogen (secondary N) is 1. The second-order valence-electron chi connectivity index (χ2n) is 7.34. The fourth-order valence-electron chi connectivity index (χ4n) is 3.70. The van der Waals surface area contributed by atoms with E-state index in [1.165, 1.54) is 16.5 Å². The van der Waals surface area contributed by atoms with Crippen LogP contribution >= 0.6 is 0 Å². The number of benzene rings is 1. The van der Waals surface area contributed by atoms with Gasteiger partial charge in [-0.3, -0.25) is 9.88 Å². The van der Waals surface area contributed by atoms with E-state index in [0.717, 1.165) is 44.0 Å². The van der Waals surface area contributed by atoms with E-state index < -0.39 is 0 Å². The first-order valence-corrected chi connectivity index (χ1v) is 9.21. The molecule has 1 aliphatic rings. The van der Waals surface area contributed by atoms with Crippen LogP contribution in [0.25, 0.3) is 10.9 Å². The van der Waals surface area contributed by atoms with Gasteiger partial charge in [-0.1, -0.05) is 12.1 Å². The molecule has 3 aromatic rings. The zero-order valence-corrected chi connectivity index (χ0v) is 15.5. The lowest BCUT2D eigenvalue weighted by molar-refractivity contribution is 0.198. The summed E-state index contributed by atoms with van der Waals surface area (Å²) < 4.78 is 6.23. The summed E-state index contributed by atoms with van der Waals surface area (Å²) in [6.45, 7) is 3.83. The van der Waals surface area contributed by atoms with Crippen molar-refractivity contribution in [2.45, 2.75) is 25.6 Å². The molecule has 5 heteroatoms. The van der Waals surface area contributed by atoms with Crippen molar-refractivity contribution < 1.29 is 4.74 Å². The first-order chi connectivity index (χ1) is 12.7. The number of fused-ring (bicyclic) bond motifs is 1. The van der Waals surface area contributed by atoms with Gasteiger partial charge in [-0.2, -0.15) is 0 Å². The molecule has 26 heavy (non-hydrogen) atoms. The molecule has 0 amide bonds. The molecule has 1 aromatic carbocycles. The molecular formula is C21H26N4O. The molecule has 136 valence electrons. The SMILES string of the molecule is CN(C)Cc1cc(OC2CCN(Cc3cccc4[nH]ccc34)C2)ccn1. The molecule has 2 aromatic heterocycles. The summed E-state index contributed by atoms with van der Waals surface area (Å²) in [5.41, 5.74) is 3.63. The van der Waals surface area contributed by atoms with E-state index in [2.05, 4.69) is 64.2 Å². The molecule has 1 unspecified atom stereocenters. The van der Waals surface area contributed by atoms with E-state index >= 15 is 0 Å². The zero-order chi connectivity index (χ0) is 17.9. The molecule has 1 fully saturated rings. The minimum atomic E-state index is 0.245. The summed E-state index contributed by atoms with van der Waals surface area (Å²) in [6, 6.07) is 12.7. The predicted molar refractivity (Wildman–Crippen MR) is 104 cm³/mol. The van der Waals surface area contributed by atoms with Crippen molar-refractivity contribution in [1.29, 1.82) is 0 Å². The Bertz CT molecular complexity index is 873. The number of hydrogen-bond donors (Lipinski definition) is 1. The van der Waals surface area contributed by atoms with Crippen LogP contribution in [-0.2, 0) is 13.1 Å². The number of aromatic nitrogens is 2. The summed E-state index contributed by atoms with van der Waals surface area (Å²) in [7, 11) is 4.10. The maximum absolute atomic E-state index is 6.23. The standard InChI is InChI=1S/C21H26N4O/c1-24(2)14-17-12-18(6-9-22-17)26-19-8-11-25(15-19)13-16-4-3-5-21-20(16)7-10-23-21/h3-7,9-10,12,19,23H,8,11,13-15H2,1-2H3. The van der Waals surface area contributed by atoms with Gasteiger partial charge in [0.2, 0.25) is 0 Å². The van der Waals surface area contributed by atoms with Gasteiger partial charge in [-0.25, -0.2) is 0 Å². The van der Waals surface area contributed by atoms with Crippen molar-refractivity contribution >= 4 is 10.9 Å². The Hall–Kier alpha value is -2.37. The highest BCUT2D eigenvalue weighted by atomic mass is 16.5. The normalized spacial score (nSPS) is 18.0. The fourth-order valence-corrected chi connectivity index (χ4v) is 3.70. The van der Waals surface area contributed by atoms with Crippen LogP contribution in [0.5, 0.6) is 5.75 Å². The largest absolute Gasteiger partial charge is 0.489 e. The van der Waals surface area contributed by atoms with Crippen LogP contribution in [0, 0.1) is 0 Å². The van der Waals surface area contributed by atoms with Crippen LogP contribution < -0.4 is 4.74 Å². The first-order valence-electron chi connectivity index (χ1n) is 9.21. The van der Waals surface area contributed by atoms with Crippen LogP contribution in [0.15, 0.2) is 48.8 Å². The van der Waals surface area contributed by atoms with Crippen molar-refractivity contribution in [3.05, 3.63) is 60.0 Å². The highest BCUT2D eigenvalue weighted by molar-refractivity contribution is 5.82. The zero-order valence-electron chi connectivity index (χ0n) is 15.5. The Morgan fingerprint density at radius 3 is 3.08 bits per heavy atom. The Labute approximate surface area is 154 Å². The van der Waals surface area contributed by atoms with Gasteiger partial charge >= 0.3 is 0 Å². The molecule has 0 spiro atoms. The second kappa shape index (κ2) is 7.48. The lowest BCUT2D eigenvalue weighted by atomic mass is 10.1. The van der Waals surface area contributed by atoms with Crippen LogP contribution in [0.2, 0.25) is 0 Å². The molecule has 3 heterocycles. The smallest absolute Gasteiger partial charge is 0.123 e. The van der Waals surface area contributed by atoms with Gasteiger partial charge in [0.1, 0.15) is 11.9 Å². The van der Waals surface area contributed by atoms with Gasteiger partial charge in [-0.15, -0.1) is 0 Å². The minimum absolute atomic E-state index is 0.245. The number of nitrogens with zero attached hydrogens (tertiary/aromatic N) is 3. The lowest BCUT2D eigenvalue weighted by Crippen LogP contribution is -2.24. The Morgan fingerprint density at radius 1 is 1.27 bits per heavy atom. The number of rotatable bonds is 6. The van der Waals surface area contributed by atoms with E-state index in [1.54, 1.807) is 0 Å². The maximum Gasteiger partial charge on any atom is 0.123 e. The molecule has 1 saturated heterocycles. The molecule has 1 N–H and O–H groups in total. The van der Waals surface area contributed by atoms with Crippen molar-refractivity contribution in [3.8, 4) is 5.75 Å². The average molecular weight is 350 g/mol. The fraction of sp³-hybridized carbons (Fsp3) is 0.381. The molecule has 1 atom stereocenters. The Kier molecular flexibility index (Phi) is 4.91. The number of H-pyrrole nitrogens is 1. The van der Waals surface area contributed by atoms with E-state index in [9.17, 15) is 0 Å². The van der Waals surface area contributed by atoms with Gasteiger partial charge in [0.25, 0.3) is 0 Å². The average Bonchev–Trinajstić information content (AvgIpc) is 3.24. The van der Waals surface area contributed by atoms with Gasteiger partial charge in [0, 0.05) is 55.5 Å². The van der Waals surface area contributed by atoms with Gasteiger partial charge in [0.05, 0.1) is 5.69 Å². The summed E-state index contributed by atoms with van der Waals surface area (Å²) in [6.07, 6.45) is 5.16. The Morgan fingerprint density at radius 2 is 2.19 bits per heavy atom. The lowest BCUT2D eigenvalue weighted by Gasteiger charge is -2.18. The number of pyridine rings is 1.